The van der Waals surface area contributed by atoms with Crippen LogP contribution in [0.2, 0.25) is 0 Å². The molecule has 7 nitrogen and oxygen atoms in total. The minimum atomic E-state index is -3.60. The van der Waals surface area contributed by atoms with Crippen LogP contribution in [0.3, 0.4) is 0 Å². The summed E-state index contributed by atoms with van der Waals surface area (Å²) in [7, 11) is -3.60. The van der Waals surface area contributed by atoms with Gasteiger partial charge in [0.25, 0.3) is 11.8 Å². The molecule has 0 radical (unpaired) electrons. The fraction of sp³-hybridized carbons (Fsp3) is 0.300. The number of rotatable bonds is 4. The molecule has 0 saturated carbocycles. The van der Waals surface area contributed by atoms with Crippen LogP contribution < -0.4 is 10.9 Å². The number of hydrazine groups is 1. The molecule has 2 amide bonds. The minimum Gasteiger partial charge on any atom is -0.267 e. The zero-order chi connectivity index (χ0) is 21.0. The summed E-state index contributed by atoms with van der Waals surface area (Å²) >= 11 is 0. The maximum absolute atomic E-state index is 13.6. The average molecular weight is 419 g/mol. The fourth-order valence-electron chi connectivity index (χ4n) is 3.05. The van der Waals surface area contributed by atoms with Crippen LogP contribution in [0.5, 0.6) is 0 Å². The van der Waals surface area contributed by atoms with Gasteiger partial charge in [-0.2, -0.15) is 4.31 Å². The number of piperidine rings is 1. The van der Waals surface area contributed by atoms with E-state index in [0.29, 0.717) is 19.0 Å². The standard InChI is InChI=1S/C20H22FN3O4S/c1-14-10-12-24(13-11-14)29(27,28)16-8-6-15(7-9-16)19(25)22-23-20(26)17-4-2-3-5-18(17)21/h2-9,14H,10-13H2,1H3,(H,22,25)(H,23,26). The third kappa shape index (κ3) is 4.80. The molecule has 1 heterocycles. The first-order chi connectivity index (χ1) is 13.8. The highest BCUT2D eigenvalue weighted by Gasteiger charge is 2.28. The normalized spacial score (nSPS) is 15.7. The highest BCUT2D eigenvalue weighted by atomic mass is 32.2. The lowest BCUT2D eigenvalue weighted by atomic mass is 10.0. The molecule has 1 fully saturated rings. The van der Waals surface area contributed by atoms with Gasteiger partial charge in [-0.25, -0.2) is 12.8 Å². The van der Waals surface area contributed by atoms with Crippen LogP contribution in [-0.4, -0.2) is 37.6 Å². The van der Waals surface area contributed by atoms with Crippen LogP contribution in [0.25, 0.3) is 0 Å². The van der Waals surface area contributed by atoms with Crippen LogP contribution >= 0.6 is 0 Å². The molecule has 0 aromatic heterocycles. The maximum atomic E-state index is 13.6. The van der Waals surface area contributed by atoms with Gasteiger partial charge in [-0.3, -0.25) is 20.4 Å². The Morgan fingerprint density at radius 1 is 0.966 bits per heavy atom. The topological polar surface area (TPSA) is 95.6 Å². The van der Waals surface area contributed by atoms with Crippen molar-refractivity contribution < 1.29 is 22.4 Å². The molecule has 0 bridgehead atoms. The Balaban J connectivity index is 1.63. The van der Waals surface area contributed by atoms with Crippen LogP contribution in [0.4, 0.5) is 4.39 Å². The smallest absolute Gasteiger partial charge is 0.267 e. The zero-order valence-electron chi connectivity index (χ0n) is 15.9. The lowest BCUT2D eigenvalue weighted by Crippen LogP contribution is -2.42. The molecule has 29 heavy (non-hydrogen) atoms. The SMILES string of the molecule is CC1CCN(S(=O)(=O)c2ccc(C(=O)NNC(=O)c3ccccc3F)cc2)CC1. The van der Waals surface area contributed by atoms with Gasteiger partial charge in [0.1, 0.15) is 5.82 Å². The quantitative estimate of drug-likeness (QED) is 0.744. The molecule has 0 spiro atoms. The Bertz CT molecular complexity index is 1000. The van der Waals surface area contributed by atoms with Crippen molar-refractivity contribution in [3.63, 3.8) is 0 Å². The van der Waals surface area contributed by atoms with Crippen molar-refractivity contribution in [3.05, 3.63) is 65.5 Å². The summed E-state index contributed by atoms with van der Waals surface area (Å²) in [6, 6.07) is 10.8. The first-order valence-electron chi connectivity index (χ1n) is 9.24. The summed E-state index contributed by atoms with van der Waals surface area (Å²) in [6.45, 7) is 3.06. The molecule has 2 aromatic carbocycles. The average Bonchev–Trinajstić information content (AvgIpc) is 2.72. The Hall–Kier alpha value is -2.78. The number of carbonyl (C=O) groups excluding carboxylic acids is 2. The molecule has 154 valence electrons. The van der Waals surface area contributed by atoms with E-state index in [0.717, 1.165) is 18.9 Å². The minimum absolute atomic E-state index is 0.110. The van der Waals surface area contributed by atoms with Gasteiger partial charge in [-0.1, -0.05) is 19.1 Å². The Morgan fingerprint density at radius 3 is 2.17 bits per heavy atom. The number of amides is 2. The van der Waals surface area contributed by atoms with E-state index in [9.17, 15) is 22.4 Å². The van der Waals surface area contributed by atoms with Gasteiger partial charge in [-0.05, 0) is 55.2 Å². The molecule has 0 atom stereocenters. The van der Waals surface area contributed by atoms with E-state index in [1.54, 1.807) is 0 Å². The Kier molecular flexibility index (Phi) is 6.29. The van der Waals surface area contributed by atoms with E-state index in [1.165, 1.54) is 46.8 Å². The molecular formula is C20H22FN3O4S. The van der Waals surface area contributed by atoms with Crippen LogP contribution in [0, 0.1) is 11.7 Å². The summed E-state index contributed by atoms with van der Waals surface area (Å²) in [5, 5.41) is 0. The van der Waals surface area contributed by atoms with Crippen molar-refractivity contribution in [2.45, 2.75) is 24.7 Å². The zero-order valence-corrected chi connectivity index (χ0v) is 16.7. The second-order valence-electron chi connectivity index (χ2n) is 7.00. The van der Waals surface area contributed by atoms with E-state index in [-0.39, 0.29) is 16.0 Å². The molecular weight excluding hydrogens is 397 g/mol. The maximum Gasteiger partial charge on any atom is 0.272 e. The second kappa shape index (κ2) is 8.71. The van der Waals surface area contributed by atoms with Gasteiger partial charge >= 0.3 is 0 Å². The molecule has 1 saturated heterocycles. The molecule has 1 aliphatic heterocycles. The summed E-state index contributed by atoms with van der Waals surface area (Å²) < 4.78 is 40.5. The molecule has 3 rings (SSSR count). The summed E-state index contributed by atoms with van der Waals surface area (Å²) in [6.07, 6.45) is 1.64. The molecule has 0 unspecified atom stereocenters. The second-order valence-corrected chi connectivity index (χ2v) is 8.94. The number of nitrogens with one attached hydrogen (secondary N) is 2. The lowest BCUT2D eigenvalue weighted by Gasteiger charge is -2.29. The van der Waals surface area contributed by atoms with Crippen LogP contribution in [0.1, 0.15) is 40.5 Å². The molecule has 2 aromatic rings. The lowest BCUT2D eigenvalue weighted by molar-refractivity contribution is 0.0844. The van der Waals surface area contributed by atoms with Crippen molar-refractivity contribution in [1.29, 1.82) is 0 Å². The van der Waals surface area contributed by atoms with Crippen molar-refractivity contribution in [1.82, 2.24) is 15.2 Å². The number of halogens is 1. The third-order valence-electron chi connectivity index (χ3n) is 4.90. The van der Waals surface area contributed by atoms with E-state index in [4.69, 9.17) is 0 Å². The van der Waals surface area contributed by atoms with Crippen molar-refractivity contribution in [2.75, 3.05) is 13.1 Å². The van der Waals surface area contributed by atoms with E-state index < -0.39 is 27.7 Å². The van der Waals surface area contributed by atoms with Gasteiger partial charge < -0.3 is 0 Å². The number of hydrogen-bond donors (Lipinski definition) is 2. The van der Waals surface area contributed by atoms with Gasteiger partial charge in [0.15, 0.2) is 0 Å². The van der Waals surface area contributed by atoms with Gasteiger partial charge in [0.2, 0.25) is 10.0 Å². The van der Waals surface area contributed by atoms with Crippen LogP contribution in [0.15, 0.2) is 53.4 Å². The Morgan fingerprint density at radius 2 is 1.55 bits per heavy atom. The highest BCUT2D eigenvalue weighted by molar-refractivity contribution is 7.89. The summed E-state index contributed by atoms with van der Waals surface area (Å²) in [5.41, 5.74) is 4.27. The van der Waals surface area contributed by atoms with Crippen molar-refractivity contribution >= 4 is 21.8 Å². The monoisotopic (exact) mass is 419 g/mol. The van der Waals surface area contributed by atoms with Crippen molar-refractivity contribution in [3.8, 4) is 0 Å². The van der Waals surface area contributed by atoms with Crippen LogP contribution in [-0.2, 0) is 10.0 Å². The molecule has 0 aliphatic carbocycles. The summed E-state index contributed by atoms with van der Waals surface area (Å²) in [5.74, 6) is -1.64. The van der Waals surface area contributed by atoms with Gasteiger partial charge in [-0.15, -0.1) is 0 Å². The fourth-order valence-corrected chi connectivity index (χ4v) is 4.52. The summed E-state index contributed by atoms with van der Waals surface area (Å²) in [4.78, 5) is 24.2. The Labute approximate surface area is 168 Å². The molecule has 1 aliphatic rings. The van der Waals surface area contributed by atoms with Gasteiger partial charge in [0.05, 0.1) is 10.5 Å². The number of benzene rings is 2. The third-order valence-corrected chi connectivity index (χ3v) is 6.82. The first-order valence-corrected chi connectivity index (χ1v) is 10.7. The number of carbonyl (C=O) groups is 2. The first kappa shape index (κ1) is 20.9. The predicted octanol–water partition coefficient (Wildman–Crippen LogP) is 2.32. The largest absolute Gasteiger partial charge is 0.272 e. The molecule has 9 heteroatoms. The van der Waals surface area contributed by atoms with Crippen molar-refractivity contribution in [2.24, 2.45) is 5.92 Å². The van der Waals surface area contributed by atoms with Gasteiger partial charge in [0, 0.05) is 18.7 Å². The number of sulfonamides is 1. The number of hydrogen-bond acceptors (Lipinski definition) is 4. The molecule has 2 N–H and O–H groups in total. The predicted molar refractivity (Wildman–Crippen MR) is 105 cm³/mol. The number of nitrogens with zero attached hydrogens (tertiary/aromatic N) is 1. The highest BCUT2D eigenvalue weighted by Crippen LogP contribution is 2.23. The van der Waals surface area contributed by atoms with E-state index >= 15 is 0 Å². The van der Waals surface area contributed by atoms with E-state index in [2.05, 4.69) is 17.8 Å². The van der Waals surface area contributed by atoms with E-state index in [1.807, 2.05) is 0 Å².